The zero-order chi connectivity index (χ0) is 25.3. The molecule has 4 saturated carbocycles. The molecule has 4 aliphatic carbocycles. The average Bonchev–Trinajstić information content (AvgIpc) is 3.39. The Morgan fingerprint density at radius 2 is 1.92 bits per heavy atom. The zero-order valence-corrected chi connectivity index (χ0v) is 21.9. The second-order valence-corrected chi connectivity index (χ2v) is 13.0. The van der Waals surface area contributed by atoms with Gasteiger partial charge in [0.15, 0.2) is 5.78 Å². The molecule has 2 heterocycles. The molecule has 36 heavy (non-hydrogen) atoms. The van der Waals surface area contributed by atoms with Gasteiger partial charge < -0.3 is 9.84 Å². The van der Waals surface area contributed by atoms with Crippen LogP contribution in [0.25, 0.3) is 10.9 Å². The number of Topliss-reactive ketones (excluding diaryl/α,β-unsaturated/α-hetero) is 1. The van der Waals surface area contributed by atoms with Crippen molar-refractivity contribution in [2.24, 2.45) is 40.4 Å². The van der Waals surface area contributed by atoms with Crippen molar-refractivity contribution in [3.8, 4) is 0 Å². The van der Waals surface area contributed by atoms with Crippen molar-refractivity contribution in [2.75, 3.05) is 13.7 Å². The van der Waals surface area contributed by atoms with E-state index in [0.29, 0.717) is 41.2 Å². The summed E-state index contributed by atoms with van der Waals surface area (Å²) in [4.78, 5) is 17.4. The molecular weight excluding hydrogens is 457 g/mol. The first-order chi connectivity index (χ1) is 17.2. The van der Waals surface area contributed by atoms with Gasteiger partial charge in [0.25, 0.3) is 0 Å². The zero-order valence-electron chi connectivity index (χ0n) is 21.9. The van der Waals surface area contributed by atoms with Crippen LogP contribution in [0.2, 0.25) is 0 Å². The lowest BCUT2D eigenvalue weighted by Gasteiger charge is -2.62. The quantitative estimate of drug-likeness (QED) is 0.577. The molecule has 196 valence electrons. The molecule has 0 bridgehead atoms. The van der Waals surface area contributed by atoms with Crippen molar-refractivity contribution < 1.29 is 19.0 Å². The van der Waals surface area contributed by atoms with Crippen LogP contribution in [0.1, 0.15) is 71.6 Å². The molecule has 4 fully saturated rings. The van der Waals surface area contributed by atoms with Gasteiger partial charge in [-0.15, -0.1) is 0 Å². The largest absolute Gasteiger partial charge is 0.387 e. The summed E-state index contributed by atoms with van der Waals surface area (Å²) >= 11 is 0. The highest BCUT2D eigenvalue weighted by molar-refractivity contribution is 5.84. The monoisotopic (exact) mass is 497 g/mol. The van der Waals surface area contributed by atoms with Crippen LogP contribution in [0.4, 0.5) is 4.39 Å². The van der Waals surface area contributed by atoms with E-state index in [9.17, 15) is 14.3 Å². The van der Waals surface area contributed by atoms with Crippen LogP contribution in [-0.2, 0) is 16.1 Å². The number of rotatable bonds is 5. The molecule has 0 amide bonds. The third kappa shape index (κ3) is 3.67. The van der Waals surface area contributed by atoms with Crippen molar-refractivity contribution in [1.82, 2.24) is 14.8 Å². The Morgan fingerprint density at radius 3 is 2.72 bits per heavy atom. The van der Waals surface area contributed by atoms with Crippen LogP contribution in [0.15, 0.2) is 18.5 Å². The van der Waals surface area contributed by atoms with Crippen LogP contribution >= 0.6 is 0 Å². The van der Waals surface area contributed by atoms with E-state index in [1.54, 1.807) is 18.0 Å². The van der Waals surface area contributed by atoms with Gasteiger partial charge in [0.2, 0.25) is 5.95 Å². The molecule has 0 spiro atoms. The maximum Gasteiger partial charge on any atom is 0.213 e. The van der Waals surface area contributed by atoms with Crippen LogP contribution in [0.3, 0.4) is 0 Å². The summed E-state index contributed by atoms with van der Waals surface area (Å²) in [5, 5.41) is 16.2. The van der Waals surface area contributed by atoms with Gasteiger partial charge in [-0.05, 0) is 92.3 Å². The fourth-order valence-electron chi connectivity index (χ4n) is 9.58. The molecule has 7 heteroatoms. The number of carbonyl (C=O) groups excluding carboxylic acids is 1. The summed E-state index contributed by atoms with van der Waals surface area (Å²) in [5.74, 6) is 2.30. The molecule has 2 aromatic rings. The summed E-state index contributed by atoms with van der Waals surface area (Å²) in [6, 6.07) is 1.37. The minimum atomic E-state index is -0.669. The van der Waals surface area contributed by atoms with Gasteiger partial charge in [0.1, 0.15) is 6.54 Å². The normalized spacial score (nSPS) is 42.1. The topological polar surface area (TPSA) is 77.2 Å². The third-order valence-electron chi connectivity index (χ3n) is 11.4. The number of hydrogen-bond acceptors (Lipinski definition) is 5. The van der Waals surface area contributed by atoms with Crippen molar-refractivity contribution in [1.29, 1.82) is 0 Å². The van der Waals surface area contributed by atoms with Gasteiger partial charge in [-0.2, -0.15) is 9.49 Å². The highest BCUT2D eigenvalue weighted by Gasteiger charge is 2.62. The third-order valence-corrected chi connectivity index (χ3v) is 11.4. The second kappa shape index (κ2) is 8.59. The van der Waals surface area contributed by atoms with E-state index in [2.05, 4.69) is 23.9 Å². The number of aromatic nitrogens is 3. The van der Waals surface area contributed by atoms with Crippen LogP contribution < -0.4 is 0 Å². The lowest BCUT2D eigenvalue weighted by Crippen LogP contribution is -2.57. The van der Waals surface area contributed by atoms with Gasteiger partial charge in [-0.1, -0.05) is 13.8 Å². The highest BCUT2D eigenvalue weighted by atomic mass is 19.1. The first kappa shape index (κ1) is 24.5. The Hall–Kier alpha value is -1.86. The van der Waals surface area contributed by atoms with Gasteiger partial charge >= 0.3 is 0 Å². The maximum atomic E-state index is 13.7. The number of methoxy groups -OCH3 is 1. The number of fused-ring (bicyclic) bond motifs is 6. The van der Waals surface area contributed by atoms with Crippen molar-refractivity contribution in [2.45, 2.75) is 83.8 Å². The number of halogens is 1. The number of pyridine rings is 1. The van der Waals surface area contributed by atoms with Crippen LogP contribution in [0.5, 0.6) is 0 Å². The average molecular weight is 498 g/mol. The number of aliphatic hydroxyl groups is 1. The first-order valence-electron chi connectivity index (χ1n) is 13.9. The lowest BCUT2D eigenvalue weighted by molar-refractivity contribution is -0.164. The standard InChI is InChI=1S/C29H40FN3O3/c1-27-10-11-29(35,17-36-3)13-19(27)4-5-20-21-6-7-23(28(21,2)9-8-22(20)27)25(34)16-33-24-15-31-26(30)12-18(24)14-32-33/h12,14-15,19-23,35H,4-11,13,16-17H2,1-3H3/t19-,20-,21-,22-,23+,27-,28-,29+/m0/s1. The predicted molar refractivity (Wildman–Crippen MR) is 135 cm³/mol. The molecule has 0 saturated heterocycles. The summed E-state index contributed by atoms with van der Waals surface area (Å²) in [6.45, 7) is 5.56. The molecule has 8 atom stereocenters. The van der Waals surface area contributed by atoms with E-state index in [-0.39, 0.29) is 29.1 Å². The van der Waals surface area contributed by atoms with E-state index in [1.807, 2.05) is 0 Å². The van der Waals surface area contributed by atoms with E-state index in [4.69, 9.17) is 4.74 Å². The van der Waals surface area contributed by atoms with Gasteiger partial charge in [-0.3, -0.25) is 9.48 Å². The fourth-order valence-corrected chi connectivity index (χ4v) is 9.58. The molecule has 6 nitrogen and oxygen atoms in total. The van der Waals surface area contributed by atoms with Gasteiger partial charge in [-0.25, -0.2) is 4.98 Å². The van der Waals surface area contributed by atoms with E-state index in [1.165, 1.54) is 31.5 Å². The van der Waals surface area contributed by atoms with Gasteiger partial charge in [0, 0.05) is 24.5 Å². The molecule has 1 N–H and O–H groups in total. The molecule has 0 aliphatic heterocycles. The molecule has 4 aliphatic rings. The molecule has 0 aromatic carbocycles. The summed E-state index contributed by atoms with van der Waals surface area (Å²) in [7, 11) is 1.69. The smallest absolute Gasteiger partial charge is 0.213 e. The fraction of sp³-hybridized carbons (Fsp3) is 0.759. The first-order valence-corrected chi connectivity index (χ1v) is 13.9. The van der Waals surface area contributed by atoms with Crippen molar-refractivity contribution in [3.05, 3.63) is 24.4 Å². The summed E-state index contributed by atoms with van der Waals surface area (Å²) in [5.41, 5.74) is 0.366. The minimum absolute atomic E-state index is 0.0419. The molecule has 2 aromatic heterocycles. The predicted octanol–water partition coefficient (Wildman–Crippen LogP) is 5.18. The van der Waals surface area contributed by atoms with Crippen LogP contribution in [0, 0.1) is 46.4 Å². The molecule has 0 unspecified atom stereocenters. The van der Waals surface area contributed by atoms with E-state index < -0.39 is 11.5 Å². The van der Waals surface area contributed by atoms with E-state index in [0.717, 1.165) is 38.5 Å². The molecule has 0 radical (unpaired) electrons. The van der Waals surface area contributed by atoms with E-state index >= 15 is 0 Å². The Labute approximate surface area is 213 Å². The molecule has 6 rings (SSSR count). The Morgan fingerprint density at radius 1 is 1.11 bits per heavy atom. The Balaban J connectivity index is 1.19. The lowest BCUT2D eigenvalue weighted by atomic mass is 9.44. The Bertz CT molecular complexity index is 1170. The molecular formula is C29H40FN3O3. The Kier molecular flexibility index (Phi) is 5.84. The van der Waals surface area contributed by atoms with Crippen molar-refractivity contribution in [3.63, 3.8) is 0 Å². The van der Waals surface area contributed by atoms with Crippen LogP contribution in [-0.4, -0.2) is 45.0 Å². The highest BCUT2D eigenvalue weighted by Crippen LogP contribution is 2.68. The van der Waals surface area contributed by atoms with Crippen molar-refractivity contribution >= 4 is 16.7 Å². The summed E-state index contributed by atoms with van der Waals surface area (Å²) < 4.78 is 20.6. The number of ketones is 1. The maximum absolute atomic E-state index is 13.7. The number of carbonyl (C=O) groups is 1. The number of ether oxygens (including phenoxy) is 1. The van der Waals surface area contributed by atoms with Gasteiger partial charge in [0.05, 0.1) is 30.1 Å². The summed E-state index contributed by atoms with van der Waals surface area (Å²) in [6.07, 6.45) is 12.6. The minimum Gasteiger partial charge on any atom is -0.387 e. The SMILES string of the molecule is COC[C@@]1(O)CC[C@@]2(C)[C@@H](CC[C@@H]3[C@@H]2CC[C@]2(C)[C@@H](C(=O)Cn4ncc5cc(F)ncc54)CC[C@@H]32)C1. The second-order valence-electron chi connectivity index (χ2n) is 13.0. The number of nitrogens with zero attached hydrogens (tertiary/aromatic N) is 3. The number of hydrogen-bond donors (Lipinski definition) is 1.